The molecule has 1 aromatic carbocycles. The Balaban J connectivity index is 0.00000784. The Kier molecular flexibility index (Phi) is 15.7. The van der Waals surface area contributed by atoms with E-state index in [0.717, 1.165) is 37.5 Å². The van der Waals surface area contributed by atoms with Gasteiger partial charge in [0.25, 0.3) is 5.91 Å². The van der Waals surface area contributed by atoms with Crippen molar-refractivity contribution in [3.8, 4) is 0 Å². The van der Waals surface area contributed by atoms with Crippen LogP contribution in [0.1, 0.15) is 63.4 Å². The van der Waals surface area contributed by atoms with E-state index in [1.54, 1.807) is 0 Å². The Morgan fingerprint density at radius 1 is 1.14 bits per heavy atom. The highest BCUT2D eigenvalue weighted by molar-refractivity contribution is 14.0. The second kappa shape index (κ2) is 16.4. The van der Waals surface area contributed by atoms with E-state index in [1.807, 2.05) is 38.1 Å². The van der Waals surface area contributed by atoms with Crippen LogP contribution in [-0.4, -0.2) is 44.2 Å². The lowest BCUT2D eigenvalue weighted by atomic mass is 10.1. The molecular formula is C22H39IN4O2. The molecular weight excluding hydrogens is 479 g/mol. The lowest BCUT2D eigenvalue weighted by Crippen LogP contribution is -2.39. The van der Waals surface area contributed by atoms with Gasteiger partial charge in [-0.25, -0.2) is 4.99 Å². The van der Waals surface area contributed by atoms with E-state index in [4.69, 9.17) is 4.74 Å². The molecule has 0 saturated carbocycles. The Morgan fingerprint density at radius 2 is 1.90 bits per heavy atom. The van der Waals surface area contributed by atoms with Crippen LogP contribution in [-0.2, 0) is 11.3 Å². The van der Waals surface area contributed by atoms with Crippen molar-refractivity contribution in [1.29, 1.82) is 0 Å². The van der Waals surface area contributed by atoms with Crippen molar-refractivity contribution >= 4 is 35.8 Å². The van der Waals surface area contributed by atoms with Crippen LogP contribution in [0.15, 0.2) is 29.3 Å². The maximum absolute atomic E-state index is 12.3. The topological polar surface area (TPSA) is 74.8 Å². The summed E-state index contributed by atoms with van der Waals surface area (Å²) in [6.45, 7) is 13.9. The molecule has 1 atom stereocenters. The number of aliphatic imine (C=N–C) groups is 1. The Hall–Kier alpha value is -1.35. The lowest BCUT2D eigenvalue weighted by Gasteiger charge is -2.13. The summed E-state index contributed by atoms with van der Waals surface area (Å²) in [6, 6.07) is 7.80. The standard InChI is InChI=1S/C22H38N4O2.HI/c1-6-18(5)26-21(27)20-10-8-9-19(15-20)16-25-22(23-7-2)24-12-14-28-13-11-17(3)4;/h8-10,15,17-18H,6-7,11-14,16H2,1-5H3,(H,26,27)(H2,23,24,25);1H. The summed E-state index contributed by atoms with van der Waals surface area (Å²) in [6.07, 6.45) is 1.99. The number of guanidine groups is 1. The summed E-state index contributed by atoms with van der Waals surface area (Å²) < 4.78 is 5.63. The quantitative estimate of drug-likeness (QED) is 0.170. The molecule has 0 saturated heterocycles. The van der Waals surface area contributed by atoms with Crippen molar-refractivity contribution in [2.75, 3.05) is 26.3 Å². The van der Waals surface area contributed by atoms with E-state index in [2.05, 4.69) is 41.7 Å². The van der Waals surface area contributed by atoms with Crippen LogP contribution in [0.3, 0.4) is 0 Å². The van der Waals surface area contributed by atoms with Gasteiger partial charge in [0.1, 0.15) is 0 Å². The molecule has 0 bridgehead atoms. The number of carbonyl (C=O) groups is 1. The maximum atomic E-state index is 12.3. The van der Waals surface area contributed by atoms with Crippen LogP contribution in [0.4, 0.5) is 0 Å². The largest absolute Gasteiger partial charge is 0.380 e. The molecule has 0 aromatic heterocycles. The van der Waals surface area contributed by atoms with Crippen molar-refractivity contribution < 1.29 is 9.53 Å². The van der Waals surface area contributed by atoms with Gasteiger partial charge in [-0.3, -0.25) is 4.79 Å². The Morgan fingerprint density at radius 3 is 2.55 bits per heavy atom. The summed E-state index contributed by atoms with van der Waals surface area (Å²) in [5, 5.41) is 9.52. The van der Waals surface area contributed by atoms with Gasteiger partial charge >= 0.3 is 0 Å². The number of hydrogen-bond acceptors (Lipinski definition) is 3. The number of rotatable bonds is 12. The predicted molar refractivity (Wildman–Crippen MR) is 132 cm³/mol. The smallest absolute Gasteiger partial charge is 0.251 e. The average molecular weight is 518 g/mol. The molecule has 0 aliphatic carbocycles. The second-order valence-electron chi connectivity index (χ2n) is 7.40. The summed E-state index contributed by atoms with van der Waals surface area (Å²) in [5.41, 5.74) is 1.67. The van der Waals surface area contributed by atoms with Crippen LogP contribution < -0.4 is 16.0 Å². The van der Waals surface area contributed by atoms with E-state index < -0.39 is 0 Å². The molecule has 0 aliphatic rings. The van der Waals surface area contributed by atoms with E-state index in [1.165, 1.54) is 0 Å². The summed E-state index contributed by atoms with van der Waals surface area (Å²) in [5.74, 6) is 1.38. The summed E-state index contributed by atoms with van der Waals surface area (Å²) in [7, 11) is 0. The third-order valence-corrected chi connectivity index (χ3v) is 4.32. The third-order valence-electron chi connectivity index (χ3n) is 4.32. The molecule has 6 nitrogen and oxygen atoms in total. The minimum absolute atomic E-state index is 0. The molecule has 0 radical (unpaired) electrons. The molecule has 3 N–H and O–H groups in total. The van der Waals surface area contributed by atoms with Gasteiger partial charge in [0.05, 0.1) is 13.2 Å². The fourth-order valence-electron chi connectivity index (χ4n) is 2.39. The lowest BCUT2D eigenvalue weighted by molar-refractivity contribution is 0.0939. The number of halogens is 1. The van der Waals surface area contributed by atoms with E-state index >= 15 is 0 Å². The minimum atomic E-state index is -0.0382. The zero-order chi connectivity index (χ0) is 20.8. The van der Waals surface area contributed by atoms with Gasteiger partial charge in [-0.1, -0.05) is 32.9 Å². The maximum Gasteiger partial charge on any atom is 0.251 e. The van der Waals surface area contributed by atoms with Crippen molar-refractivity contribution in [3.63, 3.8) is 0 Å². The van der Waals surface area contributed by atoms with E-state index in [0.29, 0.717) is 31.2 Å². The number of amides is 1. The van der Waals surface area contributed by atoms with Gasteiger partial charge in [-0.05, 0) is 50.3 Å². The molecule has 1 rings (SSSR count). The first-order valence-electron chi connectivity index (χ1n) is 10.5. The third kappa shape index (κ3) is 12.7. The molecule has 1 aromatic rings. The second-order valence-corrected chi connectivity index (χ2v) is 7.40. The molecule has 0 fully saturated rings. The summed E-state index contributed by atoms with van der Waals surface area (Å²) in [4.78, 5) is 16.9. The fourth-order valence-corrected chi connectivity index (χ4v) is 2.39. The fraction of sp³-hybridized carbons (Fsp3) is 0.636. The first-order chi connectivity index (χ1) is 13.5. The van der Waals surface area contributed by atoms with Crippen molar-refractivity contribution in [2.24, 2.45) is 10.9 Å². The van der Waals surface area contributed by atoms with Gasteiger partial charge in [0, 0.05) is 31.3 Å². The van der Waals surface area contributed by atoms with Gasteiger partial charge in [0.15, 0.2) is 5.96 Å². The van der Waals surface area contributed by atoms with Crippen LogP contribution in [0.5, 0.6) is 0 Å². The van der Waals surface area contributed by atoms with Gasteiger partial charge in [-0.2, -0.15) is 0 Å². The minimum Gasteiger partial charge on any atom is -0.380 e. The number of benzene rings is 1. The molecule has 29 heavy (non-hydrogen) atoms. The molecule has 166 valence electrons. The van der Waals surface area contributed by atoms with E-state index in [-0.39, 0.29) is 35.9 Å². The van der Waals surface area contributed by atoms with Crippen LogP contribution in [0, 0.1) is 5.92 Å². The Bertz CT molecular complexity index is 608. The zero-order valence-corrected chi connectivity index (χ0v) is 20.9. The highest BCUT2D eigenvalue weighted by Gasteiger charge is 2.09. The van der Waals surface area contributed by atoms with Gasteiger partial charge in [-0.15, -0.1) is 24.0 Å². The number of nitrogens with one attached hydrogen (secondary N) is 3. The van der Waals surface area contributed by atoms with Gasteiger partial charge in [0.2, 0.25) is 0 Å². The normalized spacial score (nSPS) is 12.3. The SMILES string of the molecule is CCNC(=NCc1cccc(C(=O)NC(C)CC)c1)NCCOCCC(C)C.I. The van der Waals surface area contributed by atoms with Crippen LogP contribution in [0.2, 0.25) is 0 Å². The van der Waals surface area contributed by atoms with Crippen molar-refractivity contribution in [3.05, 3.63) is 35.4 Å². The van der Waals surface area contributed by atoms with Crippen molar-refractivity contribution in [1.82, 2.24) is 16.0 Å². The van der Waals surface area contributed by atoms with Crippen LogP contribution >= 0.6 is 24.0 Å². The predicted octanol–water partition coefficient (Wildman–Crippen LogP) is 3.95. The van der Waals surface area contributed by atoms with Crippen LogP contribution in [0.25, 0.3) is 0 Å². The average Bonchev–Trinajstić information content (AvgIpc) is 2.68. The number of nitrogens with zero attached hydrogens (tertiary/aromatic N) is 1. The van der Waals surface area contributed by atoms with Gasteiger partial charge < -0.3 is 20.7 Å². The highest BCUT2D eigenvalue weighted by Crippen LogP contribution is 2.07. The molecule has 1 unspecified atom stereocenters. The molecule has 1 amide bonds. The first-order valence-corrected chi connectivity index (χ1v) is 10.5. The number of carbonyl (C=O) groups excluding carboxylic acids is 1. The van der Waals surface area contributed by atoms with Crippen molar-refractivity contribution in [2.45, 2.75) is 60.0 Å². The highest BCUT2D eigenvalue weighted by atomic mass is 127. The first kappa shape index (κ1) is 27.6. The number of ether oxygens (including phenoxy) is 1. The van der Waals surface area contributed by atoms with E-state index in [9.17, 15) is 4.79 Å². The Labute approximate surface area is 193 Å². The molecule has 0 spiro atoms. The molecule has 0 aliphatic heterocycles. The monoisotopic (exact) mass is 518 g/mol. The molecule has 7 heteroatoms. The molecule has 0 heterocycles. The number of hydrogen-bond donors (Lipinski definition) is 3. The zero-order valence-electron chi connectivity index (χ0n) is 18.6. The summed E-state index contributed by atoms with van der Waals surface area (Å²) >= 11 is 0.